The molecule has 0 aromatic heterocycles. The highest BCUT2D eigenvalue weighted by molar-refractivity contribution is 6.24. The number of carbonyl (C=O) groups excluding carboxylic acids is 4. The van der Waals surface area contributed by atoms with Crippen LogP contribution in [0.3, 0.4) is 0 Å². The van der Waals surface area contributed by atoms with E-state index in [2.05, 4.69) is 10.6 Å². The molecule has 0 radical (unpaired) electrons. The van der Waals surface area contributed by atoms with E-state index >= 15 is 0 Å². The van der Waals surface area contributed by atoms with Gasteiger partial charge in [-0.1, -0.05) is 30.3 Å². The number of nitrogens with one attached hydrogen (secondary N) is 2. The molecule has 4 bridgehead atoms. The van der Waals surface area contributed by atoms with Crippen molar-refractivity contribution in [3.8, 4) is 5.75 Å². The zero-order valence-corrected chi connectivity index (χ0v) is 27.9. The Morgan fingerprint density at radius 3 is 2.10 bits per heavy atom. The first-order valence-electron chi connectivity index (χ1n) is 17.6. The molecule has 3 aromatic carbocycles. The molecule has 4 saturated carbocycles. The van der Waals surface area contributed by atoms with Crippen molar-refractivity contribution in [2.24, 2.45) is 23.2 Å². The minimum Gasteiger partial charge on any atom is -0.494 e. The van der Waals surface area contributed by atoms with E-state index in [-0.39, 0.29) is 17.8 Å². The highest BCUT2D eigenvalue weighted by Crippen LogP contribution is 2.60. The Kier molecular flexibility index (Phi) is 9.29. The fourth-order valence-electron chi connectivity index (χ4n) is 9.03. The summed E-state index contributed by atoms with van der Waals surface area (Å²) in [7, 11) is 0. The molecule has 2 N–H and O–H groups in total. The molecule has 5 aliphatic rings. The van der Waals surface area contributed by atoms with Crippen molar-refractivity contribution in [3.05, 3.63) is 78.9 Å². The summed E-state index contributed by atoms with van der Waals surface area (Å²) >= 11 is 0. The molecule has 4 amide bonds. The summed E-state index contributed by atoms with van der Waals surface area (Å²) in [5.41, 5.74) is 2.41. The van der Waals surface area contributed by atoms with Crippen LogP contribution in [-0.2, 0) is 19.1 Å². The van der Waals surface area contributed by atoms with Gasteiger partial charge in [0.2, 0.25) is 0 Å². The van der Waals surface area contributed by atoms with Gasteiger partial charge in [0.15, 0.2) is 6.04 Å². The number of ether oxygens (including phenoxy) is 2. The van der Waals surface area contributed by atoms with Crippen LogP contribution in [0.5, 0.6) is 5.75 Å². The largest absolute Gasteiger partial charge is 0.494 e. The van der Waals surface area contributed by atoms with Crippen LogP contribution < -0.4 is 25.2 Å². The van der Waals surface area contributed by atoms with Crippen LogP contribution in [0.2, 0.25) is 0 Å². The smallest absolute Gasteiger partial charge is 0.320 e. The van der Waals surface area contributed by atoms with Crippen LogP contribution in [0.1, 0.15) is 58.3 Å². The quantitative estimate of drug-likeness (QED) is 0.132. The van der Waals surface area contributed by atoms with Gasteiger partial charge in [0.1, 0.15) is 5.75 Å². The van der Waals surface area contributed by atoms with Gasteiger partial charge in [-0.3, -0.25) is 19.3 Å². The number of benzene rings is 3. The standard InChI is InChI=1S/C39H44N4O6/c1-2-48-34(44)13-8-18-49-31-16-14-29(15-17-31)40-38(47)41-35-36(45)42(25-39-22-26-19-27(23-39)21-28(20-26)24-39)32-11-6-7-12-33(32)43(37(35)46)30-9-4-3-5-10-30/h3-7,9-12,14-17,26-28,35H,2,8,13,18-25H2,1H3,(H2,40,41,47). The first-order chi connectivity index (χ1) is 23.8. The monoisotopic (exact) mass is 664 g/mol. The fourth-order valence-corrected chi connectivity index (χ4v) is 9.03. The average Bonchev–Trinajstić information content (AvgIpc) is 3.16. The van der Waals surface area contributed by atoms with Crippen LogP contribution in [-0.4, -0.2) is 49.6 Å². The molecule has 4 fully saturated rings. The van der Waals surface area contributed by atoms with Gasteiger partial charge in [-0.15, -0.1) is 0 Å². The first kappa shape index (κ1) is 32.7. The van der Waals surface area contributed by atoms with Crippen molar-refractivity contribution in [2.45, 2.75) is 64.3 Å². The van der Waals surface area contributed by atoms with Crippen LogP contribution in [0.4, 0.5) is 27.5 Å². The number of rotatable bonds is 11. The number of hydrogen-bond acceptors (Lipinski definition) is 6. The molecule has 1 atom stereocenters. The number of para-hydroxylation sites is 3. The van der Waals surface area contributed by atoms with Gasteiger partial charge in [-0.2, -0.15) is 0 Å². The number of esters is 1. The van der Waals surface area contributed by atoms with Crippen LogP contribution >= 0.6 is 0 Å². The lowest BCUT2D eigenvalue weighted by Gasteiger charge is -2.57. The fraction of sp³-hybridized carbons (Fsp3) is 0.436. The Labute approximate surface area is 287 Å². The van der Waals surface area contributed by atoms with Gasteiger partial charge in [-0.05, 0) is 124 Å². The third kappa shape index (κ3) is 7.00. The van der Waals surface area contributed by atoms with E-state index in [0.29, 0.717) is 72.4 Å². The molecule has 0 saturated heterocycles. The lowest BCUT2D eigenvalue weighted by Crippen LogP contribution is -2.58. The summed E-state index contributed by atoms with van der Waals surface area (Å²) in [6.07, 6.45) is 7.97. The molecule has 4 aliphatic carbocycles. The number of anilines is 4. The maximum atomic E-state index is 14.6. The van der Waals surface area contributed by atoms with Crippen molar-refractivity contribution in [1.29, 1.82) is 0 Å². The number of nitrogens with zero attached hydrogens (tertiary/aromatic N) is 2. The molecule has 0 spiro atoms. The lowest BCUT2D eigenvalue weighted by molar-refractivity contribution is -0.143. The molecule has 3 aromatic rings. The molecule has 256 valence electrons. The average molecular weight is 665 g/mol. The van der Waals surface area contributed by atoms with Gasteiger partial charge in [0.25, 0.3) is 11.8 Å². The lowest BCUT2D eigenvalue weighted by atomic mass is 9.49. The van der Waals surface area contributed by atoms with E-state index in [1.807, 2.05) is 54.6 Å². The van der Waals surface area contributed by atoms with Crippen molar-refractivity contribution in [1.82, 2.24) is 5.32 Å². The predicted octanol–water partition coefficient (Wildman–Crippen LogP) is 6.83. The molecule has 1 unspecified atom stereocenters. The normalized spacial score (nSPS) is 25.4. The molecule has 8 rings (SSSR count). The topological polar surface area (TPSA) is 117 Å². The third-order valence-electron chi connectivity index (χ3n) is 10.6. The number of urea groups is 1. The Bertz CT molecular complexity index is 1660. The summed E-state index contributed by atoms with van der Waals surface area (Å²) in [5.74, 6) is 1.49. The number of fused-ring (bicyclic) bond motifs is 1. The summed E-state index contributed by atoms with van der Waals surface area (Å²) in [6.45, 7) is 3.00. The molecular weight excluding hydrogens is 620 g/mol. The summed E-state index contributed by atoms with van der Waals surface area (Å²) in [5, 5.41) is 5.53. The second kappa shape index (κ2) is 13.9. The van der Waals surface area contributed by atoms with Crippen LogP contribution in [0, 0.1) is 23.2 Å². The predicted molar refractivity (Wildman–Crippen MR) is 187 cm³/mol. The molecule has 1 aliphatic heterocycles. The van der Waals surface area contributed by atoms with Crippen molar-refractivity contribution >= 4 is 46.6 Å². The van der Waals surface area contributed by atoms with E-state index in [0.717, 1.165) is 19.3 Å². The summed E-state index contributed by atoms with van der Waals surface area (Å²) < 4.78 is 10.7. The highest BCUT2D eigenvalue weighted by atomic mass is 16.5. The minimum atomic E-state index is -1.44. The highest BCUT2D eigenvalue weighted by Gasteiger charge is 2.53. The van der Waals surface area contributed by atoms with Crippen LogP contribution in [0.15, 0.2) is 78.9 Å². The zero-order valence-electron chi connectivity index (χ0n) is 27.9. The van der Waals surface area contributed by atoms with E-state index in [1.54, 1.807) is 41.0 Å². The van der Waals surface area contributed by atoms with E-state index in [9.17, 15) is 19.2 Å². The SMILES string of the molecule is CCOC(=O)CCCOc1ccc(NC(=O)NC2C(=O)N(CC34CC5CC(CC(C5)C3)C4)c3ccccc3N(c3ccccc3)C2=O)cc1. The van der Waals surface area contributed by atoms with E-state index < -0.39 is 23.9 Å². The first-order valence-corrected chi connectivity index (χ1v) is 17.6. The second-order valence-electron chi connectivity index (χ2n) is 14.2. The molecule has 1 heterocycles. The summed E-state index contributed by atoms with van der Waals surface area (Å²) in [4.78, 5) is 57.5. The van der Waals surface area contributed by atoms with Gasteiger partial charge in [0.05, 0.1) is 24.6 Å². The molecule has 10 heteroatoms. The maximum absolute atomic E-state index is 14.6. The maximum Gasteiger partial charge on any atom is 0.320 e. The third-order valence-corrected chi connectivity index (χ3v) is 10.6. The second-order valence-corrected chi connectivity index (χ2v) is 14.2. The van der Waals surface area contributed by atoms with Crippen molar-refractivity contribution < 1.29 is 28.7 Å². The minimum absolute atomic E-state index is 0.0118. The van der Waals surface area contributed by atoms with Gasteiger partial charge >= 0.3 is 12.0 Å². The van der Waals surface area contributed by atoms with Gasteiger partial charge in [-0.25, -0.2) is 4.79 Å². The molecule has 49 heavy (non-hydrogen) atoms. The Hall–Kier alpha value is -4.86. The Morgan fingerprint density at radius 1 is 0.816 bits per heavy atom. The number of carbonyl (C=O) groups is 4. The van der Waals surface area contributed by atoms with Gasteiger partial charge < -0.3 is 25.0 Å². The zero-order chi connectivity index (χ0) is 34.0. The van der Waals surface area contributed by atoms with Crippen molar-refractivity contribution in [3.63, 3.8) is 0 Å². The number of amides is 4. The van der Waals surface area contributed by atoms with Crippen LogP contribution in [0.25, 0.3) is 0 Å². The number of hydrogen-bond donors (Lipinski definition) is 2. The molecule has 10 nitrogen and oxygen atoms in total. The Balaban J connectivity index is 1.11. The molecular formula is C39H44N4O6. The Morgan fingerprint density at radius 2 is 1.45 bits per heavy atom. The van der Waals surface area contributed by atoms with E-state index in [1.165, 1.54) is 19.3 Å². The summed E-state index contributed by atoms with van der Waals surface area (Å²) in [6, 6.07) is 21.5. The van der Waals surface area contributed by atoms with Crippen molar-refractivity contribution in [2.75, 3.05) is 34.9 Å². The van der Waals surface area contributed by atoms with E-state index in [4.69, 9.17) is 9.47 Å². The van der Waals surface area contributed by atoms with Gasteiger partial charge in [0, 0.05) is 24.3 Å².